The van der Waals surface area contributed by atoms with Crippen molar-refractivity contribution in [2.24, 2.45) is 29.1 Å². The first kappa shape index (κ1) is 29.5. The molecule has 0 radical (unpaired) electrons. The van der Waals surface area contributed by atoms with Gasteiger partial charge in [-0.05, 0) is 68.3 Å². The van der Waals surface area contributed by atoms with E-state index in [-0.39, 0.29) is 24.2 Å². The van der Waals surface area contributed by atoms with Gasteiger partial charge < -0.3 is 19.7 Å². The van der Waals surface area contributed by atoms with Crippen LogP contribution < -0.4 is 0 Å². The highest BCUT2D eigenvalue weighted by molar-refractivity contribution is 5.70. The van der Waals surface area contributed by atoms with Crippen LogP contribution in [0.25, 0.3) is 0 Å². The molecule has 1 aliphatic carbocycles. The van der Waals surface area contributed by atoms with Crippen LogP contribution in [0.2, 0.25) is 0 Å². The zero-order chi connectivity index (χ0) is 26.2. The van der Waals surface area contributed by atoms with Crippen molar-refractivity contribution in [3.63, 3.8) is 0 Å². The summed E-state index contributed by atoms with van der Waals surface area (Å²) in [6.07, 6.45) is 4.44. The molecule has 5 nitrogen and oxygen atoms in total. The number of allylic oxidation sites excluding steroid dienone is 1. The van der Waals surface area contributed by atoms with E-state index in [9.17, 15) is 15.0 Å². The largest absolute Gasteiger partial charge is 0.460 e. The number of benzene rings is 1. The molecule has 35 heavy (non-hydrogen) atoms. The van der Waals surface area contributed by atoms with Gasteiger partial charge in [0.25, 0.3) is 0 Å². The molecule has 0 bridgehead atoms. The maximum Gasteiger partial charge on any atom is 0.308 e. The van der Waals surface area contributed by atoms with Gasteiger partial charge in [0.2, 0.25) is 0 Å². The average Bonchev–Trinajstić information content (AvgIpc) is 2.71. The van der Waals surface area contributed by atoms with E-state index in [0.29, 0.717) is 31.0 Å². The van der Waals surface area contributed by atoms with E-state index in [1.807, 2.05) is 18.2 Å². The summed E-state index contributed by atoms with van der Waals surface area (Å²) in [5.41, 5.74) is 0.661. The van der Waals surface area contributed by atoms with Crippen molar-refractivity contribution in [2.45, 2.75) is 98.6 Å². The number of aliphatic hydroxyl groups is 2. The molecular formula is C30H48O5. The third kappa shape index (κ3) is 10.1. The molecule has 1 aromatic carbocycles. The molecule has 0 unspecified atom stereocenters. The number of rotatable bonds is 11. The molecule has 5 heteroatoms. The number of carbonyl (C=O) groups is 1. The Morgan fingerprint density at radius 1 is 1.17 bits per heavy atom. The highest BCUT2D eigenvalue weighted by Gasteiger charge is 2.43. The zero-order valence-corrected chi connectivity index (χ0v) is 22.9. The van der Waals surface area contributed by atoms with Crippen LogP contribution in [0, 0.1) is 29.1 Å². The molecule has 2 N–H and O–H groups in total. The molecule has 1 aliphatic rings. The number of ether oxygens (including phenoxy) is 2. The molecule has 198 valence electrons. The first-order valence-corrected chi connectivity index (χ1v) is 13.2. The number of aliphatic hydroxyl groups excluding tert-OH is 2. The maximum absolute atomic E-state index is 12.0. The van der Waals surface area contributed by atoms with Gasteiger partial charge >= 0.3 is 5.97 Å². The molecular weight excluding hydrogens is 440 g/mol. The second-order valence-corrected chi connectivity index (χ2v) is 12.3. The Bertz CT molecular complexity index is 793. The van der Waals surface area contributed by atoms with Gasteiger partial charge in [-0.2, -0.15) is 0 Å². The summed E-state index contributed by atoms with van der Waals surface area (Å²) in [7, 11) is 0. The van der Waals surface area contributed by atoms with Gasteiger partial charge in [-0.25, -0.2) is 0 Å². The second kappa shape index (κ2) is 13.0. The number of carbonyl (C=O) groups excluding carboxylic acids is 1. The topological polar surface area (TPSA) is 76.0 Å². The van der Waals surface area contributed by atoms with Crippen LogP contribution in [0.1, 0.15) is 79.7 Å². The van der Waals surface area contributed by atoms with Crippen molar-refractivity contribution in [3.8, 4) is 0 Å². The van der Waals surface area contributed by atoms with Gasteiger partial charge in [-0.3, -0.25) is 4.79 Å². The second-order valence-electron chi connectivity index (χ2n) is 12.3. The minimum atomic E-state index is -0.947. The fourth-order valence-electron chi connectivity index (χ4n) is 5.37. The zero-order valence-electron chi connectivity index (χ0n) is 22.9. The summed E-state index contributed by atoms with van der Waals surface area (Å²) in [5, 5.41) is 20.9. The van der Waals surface area contributed by atoms with Crippen LogP contribution in [0.5, 0.6) is 0 Å². The smallest absolute Gasteiger partial charge is 0.308 e. The van der Waals surface area contributed by atoms with E-state index in [1.165, 1.54) is 12.0 Å². The van der Waals surface area contributed by atoms with Crippen molar-refractivity contribution < 1.29 is 24.5 Å². The maximum atomic E-state index is 12.0. The third-order valence-corrected chi connectivity index (χ3v) is 7.19. The highest BCUT2D eigenvalue weighted by Crippen LogP contribution is 2.49. The Balaban J connectivity index is 2.05. The molecule has 0 spiro atoms. The van der Waals surface area contributed by atoms with E-state index >= 15 is 0 Å². The monoisotopic (exact) mass is 488 g/mol. The summed E-state index contributed by atoms with van der Waals surface area (Å²) in [5.74, 6) is 1.23. The van der Waals surface area contributed by atoms with Gasteiger partial charge in [-0.1, -0.05) is 70.2 Å². The minimum Gasteiger partial charge on any atom is -0.460 e. The minimum absolute atomic E-state index is 0.0809. The Morgan fingerprint density at radius 3 is 2.43 bits per heavy atom. The lowest BCUT2D eigenvalue weighted by molar-refractivity contribution is -0.157. The predicted octanol–water partition coefficient (Wildman–Crippen LogP) is 5.93. The van der Waals surface area contributed by atoms with E-state index in [1.54, 1.807) is 26.8 Å². The molecule has 0 amide bonds. The summed E-state index contributed by atoms with van der Waals surface area (Å²) < 4.78 is 11.5. The van der Waals surface area contributed by atoms with Gasteiger partial charge in [0, 0.05) is 6.42 Å². The summed E-state index contributed by atoms with van der Waals surface area (Å²) in [6, 6.07) is 10.2. The fraction of sp³-hybridized carbons (Fsp3) is 0.700. The molecule has 5 atom stereocenters. The Labute approximate surface area is 212 Å². The number of esters is 1. The lowest BCUT2D eigenvalue weighted by Gasteiger charge is -2.48. The van der Waals surface area contributed by atoms with Gasteiger partial charge in [0.05, 0.1) is 31.8 Å². The van der Waals surface area contributed by atoms with Gasteiger partial charge in [-0.15, -0.1) is 0 Å². The normalized spacial score (nSPS) is 24.5. The summed E-state index contributed by atoms with van der Waals surface area (Å²) in [6.45, 7) is 15.8. The van der Waals surface area contributed by atoms with Crippen LogP contribution in [0.3, 0.4) is 0 Å². The average molecular weight is 489 g/mol. The van der Waals surface area contributed by atoms with Crippen molar-refractivity contribution in [1.29, 1.82) is 0 Å². The SMILES string of the molecule is CC(C)[C@@H]1CCC(C)(C)[C@H](/C=C/[C@@H](O)C[C@@H](O)CC(=O)OC(C)(C)C)[C@H]1COCc1ccccc1. The van der Waals surface area contributed by atoms with Crippen LogP contribution in [-0.4, -0.2) is 40.6 Å². The van der Waals surface area contributed by atoms with Gasteiger partial charge in [0.15, 0.2) is 0 Å². The number of hydrogen-bond acceptors (Lipinski definition) is 5. The first-order chi connectivity index (χ1) is 16.3. The van der Waals surface area contributed by atoms with E-state index in [0.717, 1.165) is 6.42 Å². The molecule has 1 fully saturated rings. The first-order valence-electron chi connectivity index (χ1n) is 13.2. The lowest BCUT2D eigenvalue weighted by Crippen LogP contribution is -2.43. The molecule has 0 aliphatic heterocycles. The van der Waals surface area contributed by atoms with Crippen LogP contribution in [0.15, 0.2) is 42.5 Å². The van der Waals surface area contributed by atoms with Gasteiger partial charge in [0.1, 0.15) is 5.60 Å². The van der Waals surface area contributed by atoms with Crippen LogP contribution >= 0.6 is 0 Å². The molecule has 2 rings (SSSR count). The van der Waals surface area contributed by atoms with Crippen LogP contribution in [-0.2, 0) is 20.9 Å². The molecule has 1 saturated carbocycles. The lowest BCUT2D eigenvalue weighted by atomic mass is 9.57. The Kier molecular flexibility index (Phi) is 11.0. The standard InChI is InChI=1S/C30H48O5/c1-21(2)25-15-16-30(6,7)27(26(25)20-34-19-22-11-9-8-10-12-22)14-13-23(31)17-24(32)18-28(33)35-29(3,4)5/h8-14,21,23-27,31-32H,15-20H2,1-7H3/b14-13+/t23-,24-,25+,26+,27-/m1/s1. The van der Waals surface area contributed by atoms with Crippen molar-refractivity contribution in [2.75, 3.05) is 6.61 Å². The number of hydrogen-bond donors (Lipinski definition) is 2. The van der Waals surface area contributed by atoms with Crippen molar-refractivity contribution in [3.05, 3.63) is 48.0 Å². The molecule has 0 aromatic heterocycles. The van der Waals surface area contributed by atoms with E-state index in [4.69, 9.17) is 9.47 Å². The molecule has 1 aromatic rings. The highest BCUT2D eigenvalue weighted by atomic mass is 16.6. The predicted molar refractivity (Wildman–Crippen MR) is 141 cm³/mol. The Hall–Kier alpha value is -1.69. The molecule has 0 saturated heterocycles. The quantitative estimate of drug-likeness (QED) is 0.298. The Morgan fingerprint density at radius 2 is 1.83 bits per heavy atom. The summed E-state index contributed by atoms with van der Waals surface area (Å²) in [4.78, 5) is 12.0. The van der Waals surface area contributed by atoms with E-state index in [2.05, 4.69) is 45.9 Å². The van der Waals surface area contributed by atoms with Crippen LogP contribution in [0.4, 0.5) is 0 Å². The van der Waals surface area contributed by atoms with E-state index < -0.39 is 23.8 Å². The van der Waals surface area contributed by atoms with Crippen molar-refractivity contribution >= 4 is 5.97 Å². The van der Waals surface area contributed by atoms with Crippen molar-refractivity contribution in [1.82, 2.24) is 0 Å². The summed E-state index contributed by atoms with van der Waals surface area (Å²) >= 11 is 0. The fourth-order valence-corrected chi connectivity index (χ4v) is 5.37. The molecule has 0 heterocycles. The third-order valence-electron chi connectivity index (χ3n) is 7.19.